The van der Waals surface area contributed by atoms with E-state index in [1.165, 1.54) is 0 Å². The van der Waals surface area contributed by atoms with Crippen LogP contribution in [0.15, 0.2) is 46.9 Å². The van der Waals surface area contributed by atoms with E-state index in [1.54, 1.807) is 12.1 Å². The van der Waals surface area contributed by atoms with Crippen LogP contribution in [0, 0.1) is 13.8 Å². The lowest BCUT2D eigenvalue weighted by atomic mass is 10.1. The van der Waals surface area contributed by atoms with E-state index in [-0.39, 0.29) is 17.6 Å². The molecule has 0 heterocycles. The number of hydrogen-bond acceptors (Lipinski definition) is 3. The first-order valence-electron chi connectivity index (χ1n) is 7.00. The van der Waals surface area contributed by atoms with Gasteiger partial charge in [0.05, 0.1) is 0 Å². The number of hydrogen-bond donors (Lipinski definition) is 2. The molecule has 0 fully saturated rings. The summed E-state index contributed by atoms with van der Waals surface area (Å²) in [6, 6.07) is 13.3. The molecule has 2 aromatic carbocycles. The van der Waals surface area contributed by atoms with E-state index < -0.39 is 0 Å². The molecule has 0 spiro atoms. The predicted octanol–water partition coefficient (Wildman–Crippen LogP) is 3.96. The monoisotopic (exact) mass is 392 g/mol. The number of ether oxygens (including phenoxy) is 1. The smallest absolute Gasteiger partial charge is 0.264 e. The standard InChI is InChI=1S/C17H17BrN2O2S/c1-11-3-4-12(2)15(9-11)19-17(23)20-16(21)10-22-14-7-5-13(18)6-8-14/h3-9H,10H2,1-2H3,(H2,19,20,21,23). The number of thiocarbonyl (C=S) groups is 1. The van der Waals surface area contributed by atoms with Crippen molar-refractivity contribution >= 4 is 44.9 Å². The van der Waals surface area contributed by atoms with Crippen molar-refractivity contribution in [2.45, 2.75) is 13.8 Å². The molecule has 6 heteroatoms. The number of halogens is 1. The number of amides is 1. The van der Waals surface area contributed by atoms with Gasteiger partial charge in [-0.3, -0.25) is 10.1 Å². The first-order valence-corrected chi connectivity index (χ1v) is 8.20. The van der Waals surface area contributed by atoms with E-state index in [1.807, 2.05) is 44.2 Å². The second kappa shape index (κ2) is 8.08. The van der Waals surface area contributed by atoms with E-state index in [9.17, 15) is 4.79 Å². The van der Waals surface area contributed by atoms with Crippen LogP contribution < -0.4 is 15.4 Å². The minimum absolute atomic E-state index is 0.101. The molecular weight excluding hydrogens is 376 g/mol. The number of rotatable bonds is 4. The minimum Gasteiger partial charge on any atom is -0.484 e. The molecule has 0 aliphatic rings. The molecule has 2 aromatic rings. The maximum absolute atomic E-state index is 11.9. The van der Waals surface area contributed by atoms with Gasteiger partial charge in [0.2, 0.25) is 0 Å². The first-order chi connectivity index (χ1) is 10.9. The van der Waals surface area contributed by atoms with Crippen molar-refractivity contribution in [3.63, 3.8) is 0 Å². The number of aryl methyl sites for hydroxylation is 2. The van der Waals surface area contributed by atoms with E-state index in [4.69, 9.17) is 17.0 Å². The van der Waals surface area contributed by atoms with Gasteiger partial charge in [-0.1, -0.05) is 28.1 Å². The highest BCUT2D eigenvalue weighted by atomic mass is 79.9. The molecule has 1 amide bonds. The molecule has 0 bridgehead atoms. The van der Waals surface area contributed by atoms with Crippen molar-refractivity contribution in [1.29, 1.82) is 0 Å². The molecule has 2 rings (SSSR count). The Labute approximate surface area is 149 Å². The summed E-state index contributed by atoms with van der Waals surface area (Å²) in [7, 11) is 0. The van der Waals surface area contributed by atoms with E-state index in [2.05, 4.69) is 26.6 Å². The van der Waals surface area contributed by atoms with Crippen LogP contribution in [0.4, 0.5) is 5.69 Å². The maximum atomic E-state index is 11.9. The largest absolute Gasteiger partial charge is 0.484 e. The summed E-state index contributed by atoms with van der Waals surface area (Å²) in [5.74, 6) is 0.312. The fourth-order valence-corrected chi connectivity index (χ4v) is 2.35. The molecular formula is C17H17BrN2O2S. The Morgan fingerprint density at radius 2 is 1.87 bits per heavy atom. The third-order valence-electron chi connectivity index (χ3n) is 3.08. The molecule has 2 N–H and O–H groups in total. The summed E-state index contributed by atoms with van der Waals surface area (Å²) < 4.78 is 6.35. The summed E-state index contributed by atoms with van der Waals surface area (Å²) in [6.07, 6.45) is 0. The van der Waals surface area contributed by atoms with Crippen molar-refractivity contribution in [2.75, 3.05) is 11.9 Å². The van der Waals surface area contributed by atoms with Gasteiger partial charge in [0.15, 0.2) is 11.7 Å². The number of carbonyl (C=O) groups excluding carboxylic acids is 1. The van der Waals surface area contributed by atoms with Crippen molar-refractivity contribution in [3.05, 3.63) is 58.1 Å². The molecule has 120 valence electrons. The van der Waals surface area contributed by atoms with Crippen molar-refractivity contribution in [3.8, 4) is 5.75 Å². The molecule has 0 saturated heterocycles. The number of anilines is 1. The first kappa shape index (κ1) is 17.4. The van der Waals surface area contributed by atoms with Crippen molar-refractivity contribution < 1.29 is 9.53 Å². The summed E-state index contributed by atoms with van der Waals surface area (Å²) >= 11 is 8.50. The third-order valence-corrected chi connectivity index (χ3v) is 3.81. The van der Waals surface area contributed by atoms with Crippen LogP contribution in [0.3, 0.4) is 0 Å². The minimum atomic E-state index is -0.310. The second-order valence-corrected chi connectivity index (χ2v) is 6.39. The molecule has 0 atom stereocenters. The van der Waals surface area contributed by atoms with Gasteiger partial charge in [0, 0.05) is 10.2 Å². The molecule has 0 aliphatic heterocycles. The summed E-state index contributed by atoms with van der Waals surface area (Å²) in [6.45, 7) is 3.87. The van der Waals surface area contributed by atoms with Crippen LogP contribution in [0.25, 0.3) is 0 Å². The Balaban J connectivity index is 1.83. The Hall–Kier alpha value is -1.92. The van der Waals surface area contributed by atoms with E-state index in [0.717, 1.165) is 21.3 Å². The number of nitrogens with one attached hydrogen (secondary N) is 2. The van der Waals surface area contributed by atoms with Crippen molar-refractivity contribution in [2.24, 2.45) is 0 Å². The Morgan fingerprint density at radius 1 is 1.17 bits per heavy atom. The highest BCUT2D eigenvalue weighted by Crippen LogP contribution is 2.17. The molecule has 0 radical (unpaired) electrons. The van der Waals surface area contributed by atoms with E-state index in [0.29, 0.717) is 5.75 Å². The van der Waals surface area contributed by atoms with Gasteiger partial charge < -0.3 is 10.1 Å². The third kappa shape index (κ3) is 5.65. The van der Waals surface area contributed by atoms with Gasteiger partial charge in [-0.25, -0.2) is 0 Å². The van der Waals surface area contributed by atoms with Crippen LogP contribution in [-0.4, -0.2) is 17.6 Å². The normalized spacial score (nSPS) is 10.0. The molecule has 4 nitrogen and oxygen atoms in total. The quantitative estimate of drug-likeness (QED) is 0.773. The molecule has 0 aliphatic carbocycles. The van der Waals surface area contributed by atoms with Crippen LogP contribution in [-0.2, 0) is 4.79 Å². The van der Waals surface area contributed by atoms with Gasteiger partial charge in [-0.05, 0) is 67.5 Å². The zero-order chi connectivity index (χ0) is 16.8. The SMILES string of the molecule is Cc1ccc(C)c(NC(=S)NC(=O)COc2ccc(Br)cc2)c1. The summed E-state index contributed by atoms with van der Waals surface area (Å²) in [4.78, 5) is 11.9. The van der Waals surface area contributed by atoms with Gasteiger partial charge in [-0.2, -0.15) is 0 Å². The average molecular weight is 393 g/mol. The van der Waals surface area contributed by atoms with Gasteiger partial charge in [0.25, 0.3) is 5.91 Å². The highest BCUT2D eigenvalue weighted by Gasteiger charge is 2.07. The molecule has 0 saturated carbocycles. The van der Waals surface area contributed by atoms with Gasteiger partial charge in [0.1, 0.15) is 5.75 Å². The molecule has 0 unspecified atom stereocenters. The second-order valence-electron chi connectivity index (χ2n) is 5.06. The fourth-order valence-electron chi connectivity index (χ4n) is 1.87. The Kier molecular flexibility index (Phi) is 6.12. The number of benzene rings is 2. The zero-order valence-electron chi connectivity index (χ0n) is 12.9. The van der Waals surface area contributed by atoms with Gasteiger partial charge in [-0.15, -0.1) is 0 Å². The summed E-state index contributed by atoms with van der Waals surface area (Å²) in [5, 5.41) is 5.88. The maximum Gasteiger partial charge on any atom is 0.264 e. The summed E-state index contributed by atoms with van der Waals surface area (Å²) in [5.41, 5.74) is 3.05. The van der Waals surface area contributed by atoms with E-state index >= 15 is 0 Å². The van der Waals surface area contributed by atoms with Gasteiger partial charge >= 0.3 is 0 Å². The lowest BCUT2D eigenvalue weighted by molar-refractivity contribution is -0.121. The lowest BCUT2D eigenvalue weighted by Crippen LogP contribution is -2.37. The number of carbonyl (C=O) groups is 1. The van der Waals surface area contributed by atoms with Crippen LogP contribution >= 0.6 is 28.1 Å². The van der Waals surface area contributed by atoms with Crippen LogP contribution in [0.1, 0.15) is 11.1 Å². The van der Waals surface area contributed by atoms with Crippen molar-refractivity contribution in [1.82, 2.24) is 5.32 Å². The lowest BCUT2D eigenvalue weighted by Gasteiger charge is -2.12. The Bertz CT molecular complexity index is 717. The molecule has 0 aromatic heterocycles. The predicted molar refractivity (Wildman–Crippen MR) is 99.9 cm³/mol. The zero-order valence-corrected chi connectivity index (χ0v) is 15.3. The topological polar surface area (TPSA) is 50.4 Å². The average Bonchev–Trinajstić information content (AvgIpc) is 2.50. The van der Waals surface area contributed by atoms with Crippen LogP contribution in [0.5, 0.6) is 5.75 Å². The highest BCUT2D eigenvalue weighted by molar-refractivity contribution is 9.10. The van der Waals surface area contributed by atoms with Crippen LogP contribution in [0.2, 0.25) is 0 Å². The molecule has 23 heavy (non-hydrogen) atoms. The fraction of sp³-hybridized carbons (Fsp3) is 0.176. The Morgan fingerprint density at radius 3 is 2.57 bits per heavy atom.